The van der Waals surface area contributed by atoms with Gasteiger partial charge in [0.1, 0.15) is 5.69 Å². The van der Waals surface area contributed by atoms with Gasteiger partial charge in [0.15, 0.2) is 0 Å². The van der Waals surface area contributed by atoms with Crippen molar-refractivity contribution in [2.24, 2.45) is 0 Å². The van der Waals surface area contributed by atoms with E-state index in [9.17, 15) is 18.0 Å². The second-order valence-electron chi connectivity index (χ2n) is 4.45. The zero-order valence-electron chi connectivity index (χ0n) is 11.5. The standard InChI is InChI=1S/C13H18F3N3O/c1-3-6-17-10-4-7-18-11(9-10)12(20)19(2)8-5-13(14,15)16/h4,7,9H,3,5-6,8H2,1-2H3,(H,17,18). The van der Waals surface area contributed by atoms with E-state index in [0.29, 0.717) is 0 Å². The van der Waals surface area contributed by atoms with E-state index in [1.54, 1.807) is 12.1 Å². The normalized spacial score (nSPS) is 11.2. The number of hydrogen-bond donors (Lipinski definition) is 1. The highest BCUT2D eigenvalue weighted by molar-refractivity contribution is 5.92. The molecule has 20 heavy (non-hydrogen) atoms. The van der Waals surface area contributed by atoms with Crippen LogP contribution in [0.3, 0.4) is 0 Å². The van der Waals surface area contributed by atoms with Gasteiger partial charge in [-0.2, -0.15) is 13.2 Å². The molecule has 0 aromatic carbocycles. The fourth-order valence-corrected chi connectivity index (χ4v) is 1.52. The molecule has 0 bridgehead atoms. The lowest BCUT2D eigenvalue weighted by molar-refractivity contribution is -0.136. The topological polar surface area (TPSA) is 45.2 Å². The second kappa shape index (κ2) is 7.12. The quantitative estimate of drug-likeness (QED) is 0.875. The smallest absolute Gasteiger partial charge is 0.385 e. The predicted molar refractivity (Wildman–Crippen MR) is 70.7 cm³/mol. The van der Waals surface area contributed by atoms with Crippen LogP contribution in [0.25, 0.3) is 0 Å². The maximum Gasteiger partial charge on any atom is 0.390 e. The first-order valence-electron chi connectivity index (χ1n) is 6.35. The van der Waals surface area contributed by atoms with E-state index in [1.165, 1.54) is 13.2 Å². The Bertz CT molecular complexity index is 449. The average Bonchev–Trinajstić information content (AvgIpc) is 2.41. The van der Waals surface area contributed by atoms with Crippen molar-refractivity contribution in [2.45, 2.75) is 25.9 Å². The molecule has 4 nitrogen and oxygen atoms in total. The zero-order chi connectivity index (χ0) is 15.2. The van der Waals surface area contributed by atoms with Crippen molar-refractivity contribution >= 4 is 11.6 Å². The number of halogens is 3. The van der Waals surface area contributed by atoms with E-state index in [1.807, 2.05) is 6.92 Å². The van der Waals surface area contributed by atoms with Gasteiger partial charge in [0.25, 0.3) is 5.91 Å². The van der Waals surface area contributed by atoms with Crippen LogP contribution >= 0.6 is 0 Å². The van der Waals surface area contributed by atoms with Crippen LogP contribution in [0.5, 0.6) is 0 Å². The largest absolute Gasteiger partial charge is 0.390 e. The summed E-state index contributed by atoms with van der Waals surface area (Å²) in [6.07, 6.45) is -2.91. The number of anilines is 1. The second-order valence-corrected chi connectivity index (χ2v) is 4.45. The summed E-state index contributed by atoms with van der Waals surface area (Å²) in [5.41, 5.74) is 0.866. The average molecular weight is 289 g/mol. The summed E-state index contributed by atoms with van der Waals surface area (Å²) in [5, 5.41) is 3.09. The predicted octanol–water partition coefficient (Wildman–Crippen LogP) is 2.93. The molecular formula is C13H18F3N3O. The van der Waals surface area contributed by atoms with Gasteiger partial charge in [0, 0.05) is 32.0 Å². The van der Waals surface area contributed by atoms with Gasteiger partial charge in [0.05, 0.1) is 6.42 Å². The summed E-state index contributed by atoms with van der Waals surface area (Å²) in [6.45, 7) is 2.38. The molecule has 0 atom stereocenters. The minimum Gasteiger partial charge on any atom is -0.385 e. The maximum absolute atomic E-state index is 12.1. The first-order chi connectivity index (χ1) is 9.33. The lowest BCUT2D eigenvalue weighted by Crippen LogP contribution is -2.31. The molecule has 0 saturated heterocycles. The summed E-state index contributed by atoms with van der Waals surface area (Å²) in [4.78, 5) is 16.9. The third kappa shape index (κ3) is 5.46. The van der Waals surface area contributed by atoms with Crippen molar-refractivity contribution in [1.29, 1.82) is 0 Å². The van der Waals surface area contributed by atoms with Crippen LogP contribution in [0.15, 0.2) is 18.3 Å². The van der Waals surface area contributed by atoms with Gasteiger partial charge in [-0.3, -0.25) is 9.78 Å². The highest BCUT2D eigenvalue weighted by Crippen LogP contribution is 2.20. The van der Waals surface area contributed by atoms with Crippen molar-refractivity contribution in [1.82, 2.24) is 9.88 Å². The number of carbonyl (C=O) groups excluding carboxylic acids is 1. The van der Waals surface area contributed by atoms with Gasteiger partial charge >= 0.3 is 6.18 Å². The number of alkyl halides is 3. The highest BCUT2D eigenvalue weighted by atomic mass is 19.4. The highest BCUT2D eigenvalue weighted by Gasteiger charge is 2.28. The lowest BCUT2D eigenvalue weighted by Gasteiger charge is -2.18. The summed E-state index contributed by atoms with van der Waals surface area (Å²) in [7, 11) is 1.34. The van der Waals surface area contributed by atoms with E-state index in [0.717, 1.165) is 23.6 Å². The molecule has 1 aromatic rings. The van der Waals surface area contributed by atoms with Crippen LogP contribution in [-0.2, 0) is 0 Å². The van der Waals surface area contributed by atoms with Crippen molar-refractivity contribution < 1.29 is 18.0 Å². The van der Waals surface area contributed by atoms with Gasteiger partial charge in [-0.15, -0.1) is 0 Å². The lowest BCUT2D eigenvalue weighted by atomic mass is 10.2. The summed E-state index contributed by atoms with van der Waals surface area (Å²) < 4.78 is 36.4. The zero-order valence-corrected chi connectivity index (χ0v) is 11.5. The van der Waals surface area contributed by atoms with Crippen LogP contribution in [0, 0.1) is 0 Å². The Labute approximate surface area is 116 Å². The third-order valence-electron chi connectivity index (χ3n) is 2.64. The van der Waals surface area contributed by atoms with E-state index in [4.69, 9.17) is 0 Å². The van der Waals surface area contributed by atoms with Gasteiger partial charge in [-0.1, -0.05) is 6.92 Å². The first kappa shape index (κ1) is 16.3. The molecule has 0 unspecified atom stereocenters. The van der Waals surface area contributed by atoms with Gasteiger partial charge in [0.2, 0.25) is 0 Å². The Morgan fingerprint density at radius 1 is 1.45 bits per heavy atom. The fourth-order valence-electron chi connectivity index (χ4n) is 1.52. The number of hydrogen-bond acceptors (Lipinski definition) is 3. The number of amides is 1. The van der Waals surface area contributed by atoms with Crippen LogP contribution in [0.4, 0.5) is 18.9 Å². The molecule has 0 aliphatic carbocycles. The number of rotatable bonds is 6. The summed E-state index contributed by atoms with van der Waals surface area (Å²) >= 11 is 0. The minimum absolute atomic E-state index is 0.135. The molecule has 1 N–H and O–H groups in total. The third-order valence-corrected chi connectivity index (χ3v) is 2.64. The van der Waals surface area contributed by atoms with Crippen molar-refractivity contribution in [3.05, 3.63) is 24.0 Å². The SMILES string of the molecule is CCCNc1ccnc(C(=O)N(C)CCC(F)(F)F)c1. The molecule has 0 spiro atoms. The molecule has 0 aliphatic rings. The molecule has 0 fully saturated rings. The van der Waals surface area contributed by atoms with E-state index < -0.39 is 18.5 Å². The molecule has 1 heterocycles. The van der Waals surface area contributed by atoms with Gasteiger partial charge in [-0.05, 0) is 18.6 Å². The fraction of sp³-hybridized carbons (Fsp3) is 0.538. The van der Waals surface area contributed by atoms with E-state index in [2.05, 4.69) is 10.3 Å². The Hall–Kier alpha value is -1.79. The van der Waals surface area contributed by atoms with Crippen molar-refractivity contribution in [3.63, 3.8) is 0 Å². The molecule has 1 amide bonds. The Morgan fingerprint density at radius 2 is 2.15 bits per heavy atom. The van der Waals surface area contributed by atoms with Gasteiger partial charge < -0.3 is 10.2 Å². The number of carbonyl (C=O) groups is 1. The number of pyridine rings is 1. The van der Waals surface area contributed by atoms with Gasteiger partial charge in [-0.25, -0.2) is 0 Å². The van der Waals surface area contributed by atoms with Crippen LogP contribution in [0.2, 0.25) is 0 Å². The molecular weight excluding hydrogens is 271 g/mol. The summed E-state index contributed by atoms with van der Waals surface area (Å²) in [5.74, 6) is -0.519. The van der Waals surface area contributed by atoms with Crippen LogP contribution in [0.1, 0.15) is 30.3 Å². The van der Waals surface area contributed by atoms with E-state index in [-0.39, 0.29) is 12.2 Å². The van der Waals surface area contributed by atoms with Crippen LogP contribution in [-0.4, -0.2) is 42.1 Å². The van der Waals surface area contributed by atoms with E-state index >= 15 is 0 Å². The van der Waals surface area contributed by atoms with Crippen LogP contribution < -0.4 is 5.32 Å². The van der Waals surface area contributed by atoms with Crippen molar-refractivity contribution in [2.75, 3.05) is 25.5 Å². The molecule has 0 radical (unpaired) electrons. The molecule has 1 aromatic heterocycles. The minimum atomic E-state index is -4.27. The maximum atomic E-state index is 12.1. The Balaban J connectivity index is 2.66. The Morgan fingerprint density at radius 3 is 2.75 bits per heavy atom. The number of nitrogens with one attached hydrogen (secondary N) is 1. The molecule has 1 rings (SSSR count). The summed E-state index contributed by atoms with van der Waals surface area (Å²) in [6, 6.07) is 3.25. The molecule has 7 heteroatoms. The number of aromatic nitrogens is 1. The molecule has 0 aliphatic heterocycles. The van der Waals surface area contributed by atoms with Crippen molar-refractivity contribution in [3.8, 4) is 0 Å². The number of nitrogens with zero attached hydrogens (tertiary/aromatic N) is 2. The molecule has 112 valence electrons. The monoisotopic (exact) mass is 289 g/mol. The Kier molecular flexibility index (Phi) is 5.79. The molecule has 0 saturated carbocycles. The first-order valence-corrected chi connectivity index (χ1v) is 6.35.